The molecule has 3 rings (SSSR count). The fourth-order valence-electron chi connectivity index (χ4n) is 3.64. The third-order valence-electron chi connectivity index (χ3n) is 5.76. The third-order valence-corrected chi connectivity index (χ3v) is 6.16. The van der Waals surface area contributed by atoms with E-state index in [9.17, 15) is 9.59 Å². The molecule has 174 valence electrons. The highest BCUT2D eigenvalue weighted by atomic mass is 32.1. The zero-order valence-corrected chi connectivity index (χ0v) is 20.8. The van der Waals surface area contributed by atoms with E-state index in [4.69, 9.17) is 17.0 Å². The zero-order valence-electron chi connectivity index (χ0n) is 20.0. The van der Waals surface area contributed by atoms with Crippen LogP contribution in [0.25, 0.3) is 0 Å². The van der Waals surface area contributed by atoms with Crippen molar-refractivity contribution in [1.29, 1.82) is 0 Å². The highest BCUT2D eigenvalue weighted by molar-refractivity contribution is 7.80. The maximum absolute atomic E-state index is 12.7. The molecule has 2 N–H and O–H groups in total. The molecule has 0 saturated carbocycles. The zero-order chi connectivity index (χ0) is 24.3. The molecule has 0 saturated heterocycles. The van der Waals surface area contributed by atoms with E-state index in [1.165, 1.54) is 5.56 Å². The first kappa shape index (κ1) is 24.5. The summed E-state index contributed by atoms with van der Waals surface area (Å²) in [5.41, 5.74) is 4.58. The minimum absolute atomic E-state index is 0.0321. The van der Waals surface area contributed by atoms with Crippen LogP contribution in [0.15, 0.2) is 59.8 Å². The second-order valence-electron chi connectivity index (χ2n) is 9.06. The molecule has 33 heavy (non-hydrogen) atoms. The summed E-state index contributed by atoms with van der Waals surface area (Å²) in [5, 5.41) is 6.67. The van der Waals surface area contributed by atoms with E-state index in [0.717, 1.165) is 11.3 Å². The third kappa shape index (κ3) is 5.42. The van der Waals surface area contributed by atoms with Gasteiger partial charge in [-0.25, -0.2) is 4.79 Å². The van der Waals surface area contributed by atoms with Gasteiger partial charge in [0.15, 0.2) is 5.11 Å². The molecule has 7 heteroatoms. The molecule has 1 aliphatic rings. The van der Waals surface area contributed by atoms with E-state index in [0.29, 0.717) is 21.9 Å². The lowest BCUT2D eigenvalue weighted by molar-refractivity contribution is -0.139. The molecular weight excluding hydrogens is 434 g/mol. The molecule has 1 amide bonds. The smallest absolute Gasteiger partial charge is 0.338 e. The molecule has 2 aromatic rings. The van der Waals surface area contributed by atoms with Crippen LogP contribution in [0, 0.1) is 0 Å². The first-order valence-corrected chi connectivity index (χ1v) is 11.4. The van der Waals surface area contributed by atoms with Gasteiger partial charge in [0.2, 0.25) is 0 Å². The van der Waals surface area contributed by atoms with E-state index in [-0.39, 0.29) is 23.9 Å². The number of nitrogens with zero attached hydrogens (tertiary/aromatic N) is 1. The highest BCUT2D eigenvalue weighted by Gasteiger charge is 2.33. The van der Waals surface area contributed by atoms with Gasteiger partial charge < -0.3 is 20.3 Å². The van der Waals surface area contributed by atoms with Crippen LogP contribution < -0.4 is 10.6 Å². The Morgan fingerprint density at radius 3 is 2.24 bits per heavy atom. The number of nitrogens with one attached hydrogen (secondary N) is 2. The molecule has 0 fully saturated rings. The Kier molecular flexibility index (Phi) is 7.22. The topological polar surface area (TPSA) is 70.7 Å². The number of rotatable bonds is 5. The Bertz CT molecular complexity index is 1080. The summed E-state index contributed by atoms with van der Waals surface area (Å²) in [7, 11) is 1.81. The van der Waals surface area contributed by atoms with Gasteiger partial charge in [-0.15, -0.1) is 0 Å². The lowest BCUT2D eigenvalue weighted by atomic mass is 9.87. The second kappa shape index (κ2) is 9.75. The van der Waals surface area contributed by atoms with E-state index in [2.05, 4.69) is 31.4 Å². The first-order valence-electron chi connectivity index (χ1n) is 11.0. The quantitative estimate of drug-likeness (QED) is 0.482. The molecule has 1 aliphatic heterocycles. The summed E-state index contributed by atoms with van der Waals surface area (Å²) in [5.74, 6) is -0.553. The van der Waals surface area contributed by atoms with Gasteiger partial charge in [0.05, 0.1) is 18.2 Å². The van der Waals surface area contributed by atoms with Crippen molar-refractivity contribution in [2.24, 2.45) is 0 Å². The number of hydrogen-bond donors (Lipinski definition) is 2. The number of hydrogen-bond acceptors (Lipinski definition) is 4. The number of amides is 1. The Morgan fingerprint density at radius 1 is 1.09 bits per heavy atom. The van der Waals surface area contributed by atoms with Crippen molar-refractivity contribution < 1.29 is 14.3 Å². The van der Waals surface area contributed by atoms with Crippen LogP contribution in [0.1, 0.15) is 62.1 Å². The monoisotopic (exact) mass is 465 g/mol. The molecule has 1 atom stereocenters. The van der Waals surface area contributed by atoms with Crippen LogP contribution in [-0.2, 0) is 14.9 Å². The molecule has 0 bridgehead atoms. The number of anilines is 1. The Labute approximate surface area is 201 Å². The van der Waals surface area contributed by atoms with E-state index < -0.39 is 6.04 Å². The highest BCUT2D eigenvalue weighted by Crippen LogP contribution is 2.31. The van der Waals surface area contributed by atoms with E-state index in [1.54, 1.807) is 11.8 Å². The Hall–Kier alpha value is -3.19. The van der Waals surface area contributed by atoms with Crippen molar-refractivity contribution in [3.63, 3.8) is 0 Å². The van der Waals surface area contributed by atoms with E-state index >= 15 is 0 Å². The fraction of sp³-hybridized carbons (Fsp3) is 0.346. The molecular formula is C26H31N3O3S. The van der Waals surface area contributed by atoms with Crippen LogP contribution in [0.2, 0.25) is 0 Å². The maximum atomic E-state index is 12.7. The molecule has 1 heterocycles. The van der Waals surface area contributed by atoms with Gasteiger partial charge in [0.25, 0.3) is 5.91 Å². The van der Waals surface area contributed by atoms with Crippen molar-refractivity contribution in [1.82, 2.24) is 10.2 Å². The lowest BCUT2D eigenvalue weighted by Crippen LogP contribution is -2.46. The van der Waals surface area contributed by atoms with Crippen LogP contribution in [-0.4, -0.2) is 35.5 Å². The number of carbonyl (C=O) groups is 2. The lowest BCUT2D eigenvalue weighted by Gasteiger charge is -2.35. The minimum Gasteiger partial charge on any atom is -0.463 e. The van der Waals surface area contributed by atoms with Gasteiger partial charge >= 0.3 is 5.97 Å². The molecule has 1 unspecified atom stereocenters. The molecule has 0 spiro atoms. The predicted octanol–water partition coefficient (Wildman–Crippen LogP) is 4.93. The van der Waals surface area contributed by atoms with Gasteiger partial charge in [-0.3, -0.25) is 4.79 Å². The second-order valence-corrected chi connectivity index (χ2v) is 9.45. The van der Waals surface area contributed by atoms with Gasteiger partial charge in [-0.2, -0.15) is 0 Å². The average Bonchev–Trinajstić information content (AvgIpc) is 2.77. The van der Waals surface area contributed by atoms with Crippen molar-refractivity contribution in [3.8, 4) is 0 Å². The first-order chi connectivity index (χ1) is 15.5. The van der Waals surface area contributed by atoms with Gasteiger partial charge in [-0.1, -0.05) is 45.0 Å². The number of ether oxygens (including phenoxy) is 1. The number of carbonyl (C=O) groups excluding carboxylic acids is 2. The summed E-state index contributed by atoms with van der Waals surface area (Å²) in [6, 6.07) is 14.6. The standard InChI is InChI=1S/C26H31N3O3S/c1-7-32-24(31)21-16(2)29(6)25(33)28-22(21)17-10-14-20(15-11-17)27-23(30)18-8-12-19(13-9-18)26(3,4)5/h8-15,22H,7H2,1-6H3,(H,27,30)(H,28,33). The summed E-state index contributed by atoms with van der Waals surface area (Å²) in [4.78, 5) is 27.1. The maximum Gasteiger partial charge on any atom is 0.338 e. The van der Waals surface area contributed by atoms with E-state index in [1.807, 2.05) is 62.5 Å². The molecule has 2 aromatic carbocycles. The fourth-order valence-corrected chi connectivity index (χ4v) is 3.90. The number of benzene rings is 2. The number of thiocarbonyl (C=S) groups is 1. The summed E-state index contributed by atoms with van der Waals surface area (Å²) in [6.07, 6.45) is 0. The van der Waals surface area contributed by atoms with Crippen LogP contribution in [0.5, 0.6) is 0 Å². The summed E-state index contributed by atoms with van der Waals surface area (Å²) in [6.45, 7) is 10.3. The van der Waals surface area contributed by atoms with Crippen LogP contribution in [0.4, 0.5) is 5.69 Å². The molecule has 6 nitrogen and oxygen atoms in total. The largest absolute Gasteiger partial charge is 0.463 e. The van der Waals surface area contributed by atoms with Gasteiger partial charge in [0, 0.05) is 24.0 Å². The van der Waals surface area contributed by atoms with Crippen molar-refractivity contribution in [3.05, 3.63) is 76.5 Å². The van der Waals surface area contributed by atoms with Crippen molar-refractivity contribution >= 4 is 34.9 Å². The molecule has 0 aliphatic carbocycles. The van der Waals surface area contributed by atoms with Crippen molar-refractivity contribution in [2.45, 2.75) is 46.1 Å². The van der Waals surface area contributed by atoms with Gasteiger partial charge in [-0.05, 0) is 66.9 Å². The SMILES string of the molecule is CCOC(=O)C1=C(C)N(C)C(=S)NC1c1ccc(NC(=O)c2ccc(C(C)(C)C)cc2)cc1. The summed E-state index contributed by atoms with van der Waals surface area (Å²) >= 11 is 5.43. The predicted molar refractivity (Wildman–Crippen MR) is 135 cm³/mol. The number of allylic oxidation sites excluding steroid dienone is 1. The molecule has 0 aromatic heterocycles. The average molecular weight is 466 g/mol. The van der Waals surface area contributed by atoms with Gasteiger partial charge in [0.1, 0.15) is 0 Å². The van der Waals surface area contributed by atoms with Crippen LogP contribution >= 0.6 is 12.2 Å². The summed E-state index contributed by atoms with van der Waals surface area (Å²) < 4.78 is 5.28. The molecule has 0 radical (unpaired) electrons. The Morgan fingerprint density at radius 2 is 1.70 bits per heavy atom. The van der Waals surface area contributed by atoms with Crippen molar-refractivity contribution in [2.75, 3.05) is 19.0 Å². The number of esters is 1. The minimum atomic E-state index is -0.428. The van der Waals surface area contributed by atoms with Crippen LogP contribution in [0.3, 0.4) is 0 Å². The Balaban J connectivity index is 1.79. The normalized spacial score (nSPS) is 16.4.